The van der Waals surface area contributed by atoms with Gasteiger partial charge in [0.2, 0.25) is 5.91 Å². The topological polar surface area (TPSA) is 41.4 Å². The van der Waals surface area contributed by atoms with Crippen LogP contribution in [-0.4, -0.2) is 52.7 Å². The molecule has 24 heavy (non-hydrogen) atoms. The number of carbonyl (C=O) groups excluding carboxylic acids is 1. The van der Waals surface area contributed by atoms with Gasteiger partial charge in [-0.15, -0.1) is 0 Å². The van der Waals surface area contributed by atoms with Crippen LogP contribution in [0.15, 0.2) is 24.5 Å². The van der Waals surface area contributed by atoms with Gasteiger partial charge >= 0.3 is 0 Å². The highest BCUT2D eigenvalue weighted by molar-refractivity contribution is 5.76. The maximum atomic E-state index is 12.6. The second kappa shape index (κ2) is 7.51. The SMILES string of the molecule is CN(C[C@@H]1CCCN(C)[C@H]1c1cnn(C)c1)C(=O)C[C@H]1C=CCC1. The molecule has 3 atom stereocenters. The van der Waals surface area contributed by atoms with Gasteiger partial charge in [-0.1, -0.05) is 12.2 Å². The normalized spacial score (nSPS) is 27.5. The zero-order chi connectivity index (χ0) is 17.1. The zero-order valence-corrected chi connectivity index (χ0v) is 15.2. The Kier molecular flexibility index (Phi) is 5.39. The minimum absolute atomic E-state index is 0.282. The molecule has 1 saturated heterocycles. The molecule has 1 fully saturated rings. The summed E-state index contributed by atoms with van der Waals surface area (Å²) in [7, 11) is 6.12. The fraction of sp³-hybridized carbons (Fsp3) is 0.684. The maximum absolute atomic E-state index is 12.6. The van der Waals surface area contributed by atoms with E-state index in [-0.39, 0.29) is 5.91 Å². The number of hydrogen-bond donors (Lipinski definition) is 0. The van der Waals surface area contributed by atoms with E-state index in [0.29, 0.717) is 24.3 Å². The number of piperidine rings is 1. The average Bonchev–Trinajstić information content (AvgIpc) is 3.19. The molecule has 1 aliphatic heterocycles. The van der Waals surface area contributed by atoms with E-state index in [1.807, 2.05) is 29.9 Å². The summed E-state index contributed by atoms with van der Waals surface area (Å²) in [5.41, 5.74) is 1.27. The molecule has 0 saturated carbocycles. The van der Waals surface area contributed by atoms with Gasteiger partial charge in [-0.25, -0.2) is 0 Å². The van der Waals surface area contributed by atoms with Gasteiger partial charge in [-0.3, -0.25) is 14.4 Å². The van der Waals surface area contributed by atoms with Gasteiger partial charge in [0.15, 0.2) is 0 Å². The number of hydrogen-bond acceptors (Lipinski definition) is 3. The number of amides is 1. The number of nitrogens with zero attached hydrogens (tertiary/aromatic N) is 4. The molecular formula is C19H30N4O. The van der Waals surface area contributed by atoms with Gasteiger partial charge in [-0.05, 0) is 51.1 Å². The first-order valence-electron chi connectivity index (χ1n) is 9.14. The van der Waals surface area contributed by atoms with Crippen LogP contribution in [0, 0.1) is 11.8 Å². The summed E-state index contributed by atoms with van der Waals surface area (Å²) in [5, 5.41) is 4.35. The van der Waals surface area contributed by atoms with Gasteiger partial charge in [0.05, 0.1) is 6.20 Å². The van der Waals surface area contributed by atoms with Crippen LogP contribution >= 0.6 is 0 Å². The van der Waals surface area contributed by atoms with Crippen molar-refractivity contribution in [3.05, 3.63) is 30.1 Å². The number of likely N-dealkylation sites (tertiary alicyclic amines) is 1. The lowest BCUT2D eigenvalue weighted by atomic mass is 9.85. The van der Waals surface area contributed by atoms with Crippen LogP contribution in [0.25, 0.3) is 0 Å². The highest BCUT2D eigenvalue weighted by Crippen LogP contribution is 2.35. The molecule has 1 amide bonds. The quantitative estimate of drug-likeness (QED) is 0.779. The first-order chi connectivity index (χ1) is 11.5. The van der Waals surface area contributed by atoms with E-state index in [1.54, 1.807) is 0 Å². The predicted octanol–water partition coefficient (Wildman–Crippen LogP) is 2.62. The molecule has 0 unspecified atom stereocenters. The molecule has 0 spiro atoms. The van der Waals surface area contributed by atoms with Gasteiger partial charge in [0.25, 0.3) is 0 Å². The Morgan fingerprint density at radius 1 is 1.38 bits per heavy atom. The van der Waals surface area contributed by atoms with Gasteiger partial charge in [-0.2, -0.15) is 5.10 Å². The van der Waals surface area contributed by atoms with E-state index in [9.17, 15) is 4.79 Å². The summed E-state index contributed by atoms with van der Waals surface area (Å²) in [5.74, 6) is 1.20. The minimum Gasteiger partial charge on any atom is -0.345 e. The second-order valence-corrected chi connectivity index (χ2v) is 7.52. The van der Waals surface area contributed by atoms with E-state index in [1.165, 1.54) is 18.4 Å². The van der Waals surface area contributed by atoms with Crippen molar-refractivity contribution in [1.82, 2.24) is 19.6 Å². The maximum Gasteiger partial charge on any atom is 0.222 e. The Balaban J connectivity index is 1.64. The molecule has 3 rings (SSSR count). The lowest BCUT2D eigenvalue weighted by molar-refractivity contribution is -0.131. The summed E-state index contributed by atoms with van der Waals surface area (Å²) >= 11 is 0. The monoisotopic (exact) mass is 330 g/mol. The summed E-state index contributed by atoms with van der Waals surface area (Å²) in [6, 6.07) is 0.356. The Hall–Kier alpha value is -1.62. The molecule has 132 valence electrons. The van der Waals surface area contributed by atoms with Crippen molar-refractivity contribution >= 4 is 5.91 Å². The van der Waals surface area contributed by atoms with Crippen molar-refractivity contribution in [2.45, 2.75) is 38.1 Å². The number of aryl methyl sites for hydroxylation is 1. The third-order valence-corrected chi connectivity index (χ3v) is 5.56. The molecule has 0 aromatic carbocycles. The summed E-state index contributed by atoms with van der Waals surface area (Å²) in [6.07, 6.45) is 13.8. The Morgan fingerprint density at radius 2 is 2.21 bits per heavy atom. The third kappa shape index (κ3) is 3.89. The molecule has 1 aliphatic carbocycles. The molecular weight excluding hydrogens is 300 g/mol. The van der Waals surface area contributed by atoms with Crippen molar-refractivity contribution in [2.24, 2.45) is 18.9 Å². The zero-order valence-electron chi connectivity index (χ0n) is 15.2. The fourth-order valence-corrected chi connectivity index (χ4v) is 4.27. The van der Waals surface area contributed by atoms with Crippen LogP contribution < -0.4 is 0 Å². The molecule has 1 aromatic rings. The lowest BCUT2D eigenvalue weighted by Crippen LogP contribution is -2.42. The van der Waals surface area contributed by atoms with Gasteiger partial charge in [0.1, 0.15) is 0 Å². The van der Waals surface area contributed by atoms with E-state index < -0.39 is 0 Å². The number of allylic oxidation sites excluding steroid dienone is 2. The highest BCUT2D eigenvalue weighted by atomic mass is 16.2. The van der Waals surface area contributed by atoms with Gasteiger partial charge in [0, 0.05) is 44.9 Å². The molecule has 2 aliphatic rings. The Labute approximate surface area is 145 Å². The smallest absolute Gasteiger partial charge is 0.222 e. The predicted molar refractivity (Wildman–Crippen MR) is 95.4 cm³/mol. The van der Waals surface area contributed by atoms with Crippen LogP contribution in [0.2, 0.25) is 0 Å². The van der Waals surface area contributed by atoms with Crippen LogP contribution in [-0.2, 0) is 11.8 Å². The molecule has 0 radical (unpaired) electrons. The fourth-order valence-electron chi connectivity index (χ4n) is 4.27. The van der Waals surface area contributed by atoms with Crippen LogP contribution in [0.5, 0.6) is 0 Å². The van der Waals surface area contributed by atoms with Crippen molar-refractivity contribution in [1.29, 1.82) is 0 Å². The van der Waals surface area contributed by atoms with Crippen molar-refractivity contribution in [3.8, 4) is 0 Å². The minimum atomic E-state index is 0.282. The van der Waals surface area contributed by atoms with Crippen LogP contribution in [0.4, 0.5) is 0 Å². The van der Waals surface area contributed by atoms with Crippen molar-refractivity contribution in [3.63, 3.8) is 0 Å². The molecule has 0 bridgehead atoms. The highest BCUT2D eigenvalue weighted by Gasteiger charge is 2.33. The van der Waals surface area contributed by atoms with E-state index in [4.69, 9.17) is 0 Å². The van der Waals surface area contributed by atoms with Gasteiger partial charge < -0.3 is 4.90 Å². The largest absolute Gasteiger partial charge is 0.345 e. The van der Waals surface area contributed by atoms with Crippen LogP contribution in [0.1, 0.15) is 43.7 Å². The standard InChI is InChI=1S/C19H30N4O/c1-21-10-6-9-16(19(21)17-12-20-23(3)14-17)13-22(2)18(24)11-15-7-4-5-8-15/h4,7,12,14-16,19H,5-6,8-11,13H2,1-3H3/t15-,16-,19+/m0/s1. The van der Waals surface area contributed by atoms with Crippen molar-refractivity contribution < 1.29 is 4.79 Å². The Morgan fingerprint density at radius 3 is 2.88 bits per heavy atom. The lowest BCUT2D eigenvalue weighted by Gasteiger charge is -2.40. The molecule has 5 heteroatoms. The second-order valence-electron chi connectivity index (χ2n) is 7.52. The van der Waals surface area contributed by atoms with E-state index in [2.05, 4.69) is 35.4 Å². The average molecular weight is 330 g/mol. The van der Waals surface area contributed by atoms with E-state index in [0.717, 1.165) is 25.9 Å². The summed E-state index contributed by atoms with van der Waals surface area (Å²) in [6.45, 7) is 1.94. The van der Waals surface area contributed by atoms with E-state index >= 15 is 0 Å². The number of rotatable bonds is 5. The van der Waals surface area contributed by atoms with Crippen molar-refractivity contribution in [2.75, 3.05) is 27.2 Å². The van der Waals surface area contributed by atoms with Crippen LogP contribution in [0.3, 0.4) is 0 Å². The first-order valence-corrected chi connectivity index (χ1v) is 9.14. The molecule has 1 aromatic heterocycles. The Bertz CT molecular complexity index is 594. The number of aromatic nitrogens is 2. The number of carbonyl (C=O) groups is 1. The molecule has 0 N–H and O–H groups in total. The summed E-state index contributed by atoms with van der Waals surface area (Å²) < 4.78 is 1.87. The third-order valence-electron chi connectivity index (χ3n) is 5.56. The molecule has 2 heterocycles. The first kappa shape index (κ1) is 17.2. The molecule has 5 nitrogen and oxygen atoms in total. The summed E-state index contributed by atoms with van der Waals surface area (Å²) in [4.78, 5) is 16.9.